The number of rotatable bonds is 4. The number of furan rings is 1. The maximum atomic E-state index is 12.0. The van der Waals surface area contributed by atoms with Crippen molar-refractivity contribution in [2.75, 3.05) is 5.32 Å². The van der Waals surface area contributed by atoms with E-state index in [4.69, 9.17) is 9.68 Å². The number of amides is 1. The second-order valence-electron chi connectivity index (χ2n) is 4.04. The van der Waals surface area contributed by atoms with E-state index in [0.717, 1.165) is 0 Å². The molecule has 20 heavy (non-hydrogen) atoms. The van der Waals surface area contributed by atoms with E-state index in [0.29, 0.717) is 5.76 Å². The standard InChI is InChI=1S/C14H11N3O3/c1-9-5-6-11(20-9)13(18)10(8-15)14(19)17-12-4-2-3-7-16-12/h2-7,10H,1H3,(H,16,17,19). The van der Waals surface area contributed by atoms with E-state index < -0.39 is 17.6 Å². The van der Waals surface area contributed by atoms with Crippen molar-refractivity contribution < 1.29 is 14.0 Å². The molecule has 1 amide bonds. The molecule has 0 bridgehead atoms. The van der Waals surface area contributed by atoms with Crippen molar-refractivity contribution >= 4 is 17.5 Å². The van der Waals surface area contributed by atoms with Crippen LogP contribution < -0.4 is 5.32 Å². The second-order valence-corrected chi connectivity index (χ2v) is 4.04. The molecule has 0 aliphatic rings. The first kappa shape index (κ1) is 13.5. The number of pyridine rings is 1. The van der Waals surface area contributed by atoms with Crippen molar-refractivity contribution in [1.82, 2.24) is 4.98 Å². The molecule has 0 aromatic carbocycles. The fraction of sp³-hybridized carbons (Fsp3) is 0.143. The highest BCUT2D eigenvalue weighted by Crippen LogP contribution is 2.14. The number of Topliss-reactive ketones (excluding diaryl/α,β-unsaturated/α-hetero) is 1. The molecular formula is C14H11N3O3. The quantitative estimate of drug-likeness (QED) is 0.676. The van der Waals surface area contributed by atoms with E-state index in [-0.39, 0.29) is 11.6 Å². The molecular weight excluding hydrogens is 258 g/mol. The number of hydrogen-bond donors (Lipinski definition) is 1. The third-order valence-corrected chi connectivity index (χ3v) is 2.55. The van der Waals surface area contributed by atoms with Gasteiger partial charge in [0.05, 0.1) is 6.07 Å². The molecule has 100 valence electrons. The summed E-state index contributed by atoms with van der Waals surface area (Å²) in [6.07, 6.45) is 1.49. The average molecular weight is 269 g/mol. The van der Waals surface area contributed by atoms with Crippen LogP contribution >= 0.6 is 0 Å². The minimum absolute atomic E-state index is 0.00905. The molecule has 1 N–H and O–H groups in total. The fourth-order valence-corrected chi connectivity index (χ4v) is 1.58. The van der Waals surface area contributed by atoms with Crippen LogP contribution in [0, 0.1) is 24.2 Å². The molecule has 0 saturated heterocycles. The zero-order valence-corrected chi connectivity index (χ0v) is 10.7. The number of carbonyl (C=O) groups excluding carboxylic acids is 2. The second kappa shape index (κ2) is 5.80. The Morgan fingerprint density at radius 2 is 2.15 bits per heavy atom. The summed E-state index contributed by atoms with van der Waals surface area (Å²) in [7, 11) is 0. The normalized spacial score (nSPS) is 11.4. The molecule has 0 fully saturated rings. The van der Waals surface area contributed by atoms with E-state index in [9.17, 15) is 9.59 Å². The third kappa shape index (κ3) is 2.90. The van der Waals surface area contributed by atoms with Gasteiger partial charge in [-0.3, -0.25) is 9.59 Å². The van der Waals surface area contributed by atoms with Crippen molar-refractivity contribution in [1.29, 1.82) is 5.26 Å². The van der Waals surface area contributed by atoms with Crippen LogP contribution in [0.1, 0.15) is 16.3 Å². The Bertz CT molecular complexity index is 670. The summed E-state index contributed by atoms with van der Waals surface area (Å²) in [5.74, 6) is -2.07. The molecule has 0 radical (unpaired) electrons. The van der Waals surface area contributed by atoms with E-state index in [2.05, 4.69) is 10.3 Å². The molecule has 2 heterocycles. The Morgan fingerprint density at radius 1 is 1.35 bits per heavy atom. The Morgan fingerprint density at radius 3 is 2.70 bits per heavy atom. The van der Waals surface area contributed by atoms with E-state index >= 15 is 0 Å². The Balaban J connectivity index is 2.14. The van der Waals surface area contributed by atoms with Gasteiger partial charge in [0.15, 0.2) is 11.7 Å². The third-order valence-electron chi connectivity index (χ3n) is 2.55. The van der Waals surface area contributed by atoms with Gasteiger partial charge in [-0.15, -0.1) is 0 Å². The lowest BCUT2D eigenvalue weighted by molar-refractivity contribution is -0.117. The van der Waals surface area contributed by atoms with Gasteiger partial charge in [0.2, 0.25) is 5.78 Å². The van der Waals surface area contributed by atoms with Crippen LogP contribution in [0.15, 0.2) is 40.9 Å². The van der Waals surface area contributed by atoms with Crippen molar-refractivity contribution in [3.63, 3.8) is 0 Å². The van der Waals surface area contributed by atoms with Crippen LogP contribution in [0.2, 0.25) is 0 Å². The van der Waals surface area contributed by atoms with Crippen LogP contribution in [0.5, 0.6) is 0 Å². The highest BCUT2D eigenvalue weighted by Gasteiger charge is 2.29. The lowest BCUT2D eigenvalue weighted by atomic mass is 10.0. The van der Waals surface area contributed by atoms with Gasteiger partial charge in [0, 0.05) is 6.20 Å². The first-order valence-corrected chi connectivity index (χ1v) is 5.84. The fourth-order valence-electron chi connectivity index (χ4n) is 1.58. The number of aryl methyl sites for hydroxylation is 1. The Labute approximate surface area is 115 Å². The lowest BCUT2D eigenvalue weighted by Gasteiger charge is -2.07. The van der Waals surface area contributed by atoms with Gasteiger partial charge in [-0.2, -0.15) is 5.26 Å². The van der Waals surface area contributed by atoms with Gasteiger partial charge < -0.3 is 9.73 Å². The summed E-state index contributed by atoms with van der Waals surface area (Å²) < 4.78 is 5.13. The molecule has 6 nitrogen and oxygen atoms in total. The molecule has 0 aliphatic carbocycles. The molecule has 0 aliphatic heterocycles. The predicted molar refractivity (Wildman–Crippen MR) is 69.7 cm³/mol. The molecule has 0 saturated carbocycles. The minimum atomic E-state index is -1.47. The SMILES string of the molecule is Cc1ccc(C(=O)C(C#N)C(=O)Nc2ccccn2)o1. The number of aromatic nitrogens is 1. The highest BCUT2D eigenvalue weighted by molar-refractivity contribution is 6.14. The van der Waals surface area contributed by atoms with E-state index in [1.807, 2.05) is 0 Å². The van der Waals surface area contributed by atoms with Crippen LogP contribution in [-0.4, -0.2) is 16.7 Å². The van der Waals surface area contributed by atoms with Crippen molar-refractivity contribution in [2.45, 2.75) is 6.92 Å². The molecule has 1 atom stereocenters. The summed E-state index contributed by atoms with van der Waals surface area (Å²) >= 11 is 0. The summed E-state index contributed by atoms with van der Waals surface area (Å²) in [6.45, 7) is 1.67. The first-order chi connectivity index (χ1) is 9.61. The van der Waals surface area contributed by atoms with E-state index in [1.54, 1.807) is 37.3 Å². The number of hydrogen-bond acceptors (Lipinski definition) is 5. The molecule has 1 unspecified atom stereocenters. The number of nitrogens with zero attached hydrogens (tertiary/aromatic N) is 2. The predicted octanol–water partition coefficient (Wildman–Crippen LogP) is 1.94. The number of nitriles is 1. The van der Waals surface area contributed by atoms with Crippen molar-refractivity contribution in [3.05, 3.63) is 48.0 Å². The average Bonchev–Trinajstić information content (AvgIpc) is 2.87. The molecule has 2 aromatic rings. The smallest absolute Gasteiger partial charge is 0.251 e. The monoisotopic (exact) mass is 269 g/mol. The van der Waals surface area contributed by atoms with Crippen molar-refractivity contribution in [3.8, 4) is 6.07 Å². The van der Waals surface area contributed by atoms with Gasteiger partial charge in [0.1, 0.15) is 11.6 Å². The maximum Gasteiger partial charge on any atom is 0.251 e. The zero-order valence-electron chi connectivity index (χ0n) is 10.7. The van der Waals surface area contributed by atoms with Crippen LogP contribution in [0.25, 0.3) is 0 Å². The molecule has 2 rings (SSSR count). The van der Waals surface area contributed by atoms with Gasteiger partial charge in [0.25, 0.3) is 5.91 Å². The molecule has 0 spiro atoms. The summed E-state index contributed by atoms with van der Waals surface area (Å²) in [6, 6.07) is 9.65. The molecule has 6 heteroatoms. The number of nitrogens with one attached hydrogen (secondary N) is 1. The van der Waals surface area contributed by atoms with Crippen LogP contribution in [0.3, 0.4) is 0 Å². The van der Waals surface area contributed by atoms with Gasteiger partial charge in [-0.1, -0.05) is 6.07 Å². The zero-order chi connectivity index (χ0) is 14.5. The van der Waals surface area contributed by atoms with Gasteiger partial charge in [-0.05, 0) is 31.2 Å². The maximum absolute atomic E-state index is 12.0. The Kier molecular flexibility index (Phi) is 3.91. The number of carbonyl (C=O) groups is 2. The van der Waals surface area contributed by atoms with Gasteiger partial charge in [-0.25, -0.2) is 4.98 Å². The summed E-state index contributed by atoms with van der Waals surface area (Å²) in [5.41, 5.74) is 0. The summed E-state index contributed by atoms with van der Waals surface area (Å²) in [4.78, 5) is 27.8. The Hall–Kier alpha value is -2.94. The molecule has 2 aromatic heterocycles. The lowest BCUT2D eigenvalue weighted by Crippen LogP contribution is -2.28. The number of anilines is 1. The highest BCUT2D eigenvalue weighted by atomic mass is 16.3. The number of ketones is 1. The van der Waals surface area contributed by atoms with Crippen LogP contribution in [0.4, 0.5) is 5.82 Å². The van der Waals surface area contributed by atoms with Crippen molar-refractivity contribution in [2.24, 2.45) is 5.92 Å². The summed E-state index contributed by atoms with van der Waals surface area (Å²) in [5, 5.41) is 11.4. The van der Waals surface area contributed by atoms with Gasteiger partial charge >= 0.3 is 0 Å². The minimum Gasteiger partial charge on any atom is -0.458 e. The first-order valence-electron chi connectivity index (χ1n) is 5.84. The van der Waals surface area contributed by atoms with E-state index in [1.165, 1.54) is 12.3 Å². The topological polar surface area (TPSA) is 96.0 Å². The van der Waals surface area contributed by atoms with Crippen LogP contribution in [-0.2, 0) is 4.79 Å². The largest absolute Gasteiger partial charge is 0.458 e.